The van der Waals surface area contributed by atoms with Gasteiger partial charge in [-0.05, 0) is 19.8 Å². The van der Waals surface area contributed by atoms with E-state index < -0.39 is 60.2 Å². The minimum atomic E-state index is -1.36. The Bertz CT molecular complexity index is 700. The van der Waals surface area contributed by atoms with Gasteiger partial charge in [0, 0.05) is 12.3 Å². The van der Waals surface area contributed by atoms with E-state index in [1.54, 1.807) is 0 Å². The van der Waals surface area contributed by atoms with Crippen molar-refractivity contribution in [2.45, 2.75) is 50.4 Å². The van der Waals surface area contributed by atoms with Gasteiger partial charge in [-0.25, -0.2) is 4.79 Å². The summed E-state index contributed by atoms with van der Waals surface area (Å²) in [4.78, 5) is 62.3. The molecule has 0 aromatic carbocycles. The van der Waals surface area contributed by atoms with E-state index in [2.05, 4.69) is 33.6 Å². The number of carboxylic acid groups (broad SMARTS) is 2. The topological polar surface area (TPSA) is 252 Å². The van der Waals surface area contributed by atoms with Gasteiger partial charge >= 0.3 is 11.9 Å². The van der Waals surface area contributed by atoms with Crippen molar-refractivity contribution in [2.75, 3.05) is 12.3 Å². The fraction of sp³-hybridized carbons (Fsp3) is 0.625. The zero-order chi connectivity index (χ0) is 24.1. The van der Waals surface area contributed by atoms with Crippen LogP contribution in [0.3, 0.4) is 0 Å². The molecule has 15 heteroatoms. The van der Waals surface area contributed by atoms with Gasteiger partial charge in [0.25, 0.3) is 0 Å². The highest BCUT2D eigenvalue weighted by atomic mass is 32.1. The minimum absolute atomic E-state index is 0.0620. The average molecular weight is 464 g/mol. The Morgan fingerprint density at radius 1 is 0.968 bits per heavy atom. The first-order valence-corrected chi connectivity index (χ1v) is 9.79. The molecule has 176 valence electrons. The molecule has 0 aromatic rings. The summed E-state index contributed by atoms with van der Waals surface area (Å²) in [6, 6.07) is -4.95. The van der Waals surface area contributed by atoms with Crippen LogP contribution in [0.2, 0.25) is 0 Å². The van der Waals surface area contributed by atoms with Crippen molar-refractivity contribution in [3.8, 4) is 0 Å². The van der Waals surface area contributed by atoms with Crippen LogP contribution in [0.1, 0.15) is 26.2 Å². The van der Waals surface area contributed by atoms with Gasteiger partial charge < -0.3 is 43.4 Å². The van der Waals surface area contributed by atoms with E-state index in [0.29, 0.717) is 0 Å². The smallest absolute Gasteiger partial charge is 0.327 e. The number of nitrogens with one attached hydrogen (secondary N) is 3. The summed E-state index contributed by atoms with van der Waals surface area (Å²) in [5.41, 5.74) is 15.9. The van der Waals surface area contributed by atoms with E-state index in [0.717, 1.165) is 0 Å². The van der Waals surface area contributed by atoms with Crippen molar-refractivity contribution in [2.24, 2.45) is 22.2 Å². The molecule has 0 saturated carbocycles. The molecule has 0 fully saturated rings. The van der Waals surface area contributed by atoms with Crippen LogP contribution in [0.5, 0.6) is 0 Å². The van der Waals surface area contributed by atoms with Crippen molar-refractivity contribution in [3.63, 3.8) is 0 Å². The molecule has 11 N–H and O–H groups in total. The number of hydrogen-bond donors (Lipinski definition) is 9. The van der Waals surface area contributed by atoms with E-state index in [1.807, 2.05) is 0 Å². The number of carbonyl (C=O) groups is 5. The van der Waals surface area contributed by atoms with Crippen LogP contribution in [0.4, 0.5) is 0 Å². The Morgan fingerprint density at radius 3 is 2.03 bits per heavy atom. The number of hydrogen-bond acceptors (Lipinski definition) is 8. The maximum absolute atomic E-state index is 12.5. The minimum Gasteiger partial charge on any atom is -0.481 e. The van der Waals surface area contributed by atoms with E-state index in [9.17, 15) is 24.0 Å². The van der Waals surface area contributed by atoms with Crippen LogP contribution in [0.25, 0.3) is 0 Å². The molecule has 0 saturated heterocycles. The molecule has 0 heterocycles. The third kappa shape index (κ3) is 11.6. The van der Waals surface area contributed by atoms with Crippen molar-refractivity contribution in [1.82, 2.24) is 16.0 Å². The number of nitrogens with two attached hydrogens (primary N) is 3. The van der Waals surface area contributed by atoms with Crippen LogP contribution in [-0.4, -0.2) is 82.3 Å². The highest BCUT2D eigenvalue weighted by Crippen LogP contribution is 2.02. The van der Waals surface area contributed by atoms with Crippen molar-refractivity contribution in [1.29, 1.82) is 0 Å². The largest absolute Gasteiger partial charge is 0.481 e. The van der Waals surface area contributed by atoms with Gasteiger partial charge in [0.15, 0.2) is 5.96 Å². The van der Waals surface area contributed by atoms with Gasteiger partial charge in [-0.3, -0.25) is 24.2 Å². The molecule has 0 aliphatic heterocycles. The number of carbonyl (C=O) groups excluding carboxylic acids is 3. The van der Waals surface area contributed by atoms with Crippen LogP contribution < -0.4 is 33.2 Å². The summed E-state index contributed by atoms with van der Waals surface area (Å²) in [5, 5.41) is 24.6. The number of aliphatic carboxylic acids is 2. The van der Waals surface area contributed by atoms with Gasteiger partial charge in [0.1, 0.15) is 18.1 Å². The Labute approximate surface area is 183 Å². The molecule has 3 amide bonds. The van der Waals surface area contributed by atoms with Crippen molar-refractivity contribution >= 4 is 48.2 Å². The number of guanidine groups is 1. The summed E-state index contributed by atoms with van der Waals surface area (Å²) in [5.74, 6) is -5.32. The molecule has 0 bridgehead atoms. The SMILES string of the molecule is CC(NC(=O)C(N)CC(=O)O)C(=O)NC(CCCN=C(N)N)C(=O)NC(CS)C(=O)O. The van der Waals surface area contributed by atoms with E-state index in [4.69, 9.17) is 27.4 Å². The summed E-state index contributed by atoms with van der Waals surface area (Å²) in [6.45, 7) is 1.47. The molecular weight excluding hydrogens is 434 g/mol. The Morgan fingerprint density at radius 2 is 1.55 bits per heavy atom. The highest BCUT2D eigenvalue weighted by molar-refractivity contribution is 7.80. The predicted molar refractivity (Wildman–Crippen MR) is 113 cm³/mol. The van der Waals surface area contributed by atoms with Crippen molar-refractivity contribution in [3.05, 3.63) is 0 Å². The number of rotatable bonds is 14. The summed E-state index contributed by atoms with van der Waals surface area (Å²) < 4.78 is 0. The molecule has 0 aliphatic carbocycles. The molecule has 0 aliphatic rings. The van der Waals surface area contributed by atoms with Gasteiger partial charge in [-0.1, -0.05) is 0 Å². The molecule has 0 aromatic heterocycles. The molecule has 4 unspecified atom stereocenters. The van der Waals surface area contributed by atoms with Gasteiger partial charge in [0.2, 0.25) is 17.7 Å². The predicted octanol–water partition coefficient (Wildman–Crippen LogP) is -3.67. The second-order valence-electron chi connectivity index (χ2n) is 6.53. The second-order valence-corrected chi connectivity index (χ2v) is 6.89. The maximum Gasteiger partial charge on any atom is 0.327 e. The zero-order valence-electron chi connectivity index (χ0n) is 16.9. The number of thiol groups is 1. The Kier molecular flexibility index (Phi) is 12.6. The van der Waals surface area contributed by atoms with Crippen LogP contribution in [0, 0.1) is 0 Å². The van der Waals surface area contributed by atoms with Crippen molar-refractivity contribution < 1.29 is 34.2 Å². The van der Waals surface area contributed by atoms with Gasteiger partial charge in [-0.2, -0.15) is 12.6 Å². The molecular formula is C16H29N7O7S. The summed E-state index contributed by atoms with van der Waals surface area (Å²) >= 11 is 3.86. The van der Waals surface area contributed by atoms with E-state index >= 15 is 0 Å². The highest BCUT2D eigenvalue weighted by Gasteiger charge is 2.28. The lowest BCUT2D eigenvalue weighted by molar-refractivity contribution is -0.141. The van der Waals surface area contributed by atoms with Crippen LogP contribution in [0.15, 0.2) is 4.99 Å². The fourth-order valence-corrected chi connectivity index (χ4v) is 2.44. The fourth-order valence-electron chi connectivity index (χ4n) is 2.19. The van der Waals surface area contributed by atoms with Crippen LogP contribution >= 0.6 is 12.6 Å². The molecule has 0 radical (unpaired) electrons. The van der Waals surface area contributed by atoms with Gasteiger partial charge in [-0.15, -0.1) is 0 Å². The molecule has 0 spiro atoms. The number of amides is 3. The molecule has 14 nitrogen and oxygen atoms in total. The third-order valence-electron chi connectivity index (χ3n) is 3.86. The van der Waals surface area contributed by atoms with E-state index in [-0.39, 0.29) is 31.1 Å². The molecule has 31 heavy (non-hydrogen) atoms. The lowest BCUT2D eigenvalue weighted by atomic mass is 10.1. The quantitative estimate of drug-likeness (QED) is 0.0528. The first-order valence-electron chi connectivity index (χ1n) is 9.16. The Hall–Kier alpha value is -3.07. The third-order valence-corrected chi connectivity index (χ3v) is 4.22. The lowest BCUT2D eigenvalue weighted by Crippen LogP contribution is -2.56. The number of aliphatic imine (C=N–C) groups is 1. The first kappa shape index (κ1) is 27.9. The molecule has 4 atom stereocenters. The Balaban J connectivity index is 5.12. The molecule has 0 rings (SSSR count). The summed E-state index contributed by atoms with van der Waals surface area (Å²) in [6.07, 6.45) is -0.290. The number of carboxylic acids is 2. The second kappa shape index (κ2) is 14.0. The zero-order valence-corrected chi connectivity index (χ0v) is 17.8. The maximum atomic E-state index is 12.5. The average Bonchev–Trinajstić information content (AvgIpc) is 2.66. The standard InChI is InChI=1S/C16H29N7O7S/c1-7(21-13(27)8(17)5-11(24)25)12(26)22-9(3-2-4-20-16(18)19)14(28)23-10(6-31)15(29)30/h7-10,31H,2-6,17H2,1H3,(H,21,27)(H,22,26)(H,23,28)(H,24,25)(H,29,30)(H4,18,19,20). The monoisotopic (exact) mass is 463 g/mol. The first-order chi connectivity index (χ1) is 14.4. The summed E-state index contributed by atoms with van der Waals surface area (Å²) in [7, 11) is 0. The van der Waals surface area contributed by atoms with E-state index in [1.165, 1.54) is 6.92 Å². The van der Waals surface area contributed by atoms with Gasteiger partial charge in [0.05, 0.1) is 12.5 Å². The number of nitrogens with zero attached hydrogens (tertiary/aromatic N) is 1. The normalized spacial score (nSPS) is 14.3. The lowest BCUT2D eigenvalue weighted by Gasteiger charge is -2.23. The van der Waals surface area contributed by atoms with Crippen LogP contribution in [-0.2, 0) is 24.0 Å².